The van der Waals surface area contributed by atoms with Gasteiger partial charge in [0.2, 0.25) is 0 Å². The van der Waals surface area contributed by atoms with E-state index in [1.165, 1.54) is 12.8 Å². The highest BCUT2D eigenvalue weighted by molar-refractivity contribution is 5.70. The molecule has 1 heterocycles. The van der Waals surface area contributed by atoms with Gasteiger partial charge in [0.05, 0.1) is 12.0 Å². The lowest BCUT2D eigenvalue weighted by Gasteiger charge is -2.24. The number of carboxylic acids is 1. The molecule has 94 valence electrons. The molecule has 3 atom stereocenters. The molecule has 4 heteroatoms. The summed E-state index contributed by atoms with van der Waals surface area (Å²) in [4.78, 5) is 10.7. The number of hydrogen-bond donors (Lipinski definition) is 2. The summed E-state index contributed by atoms with van der Waals surface area (Å²) < 4.78 is 5.61. The Bertz CT molecular complexity index is 214. The van der Waals surface area contributed by atoms with E-state index in [0.29, 0.717) is 6.10 Å². The van der Waals surface area contributed by atoms with Crippen LogP contribution in [-0.4, -0.2) is 36.4 Å². The summed E-state index contributed by atoms with van der Waals surface area (Å²) >= 11 is 0. The van der Waals surface area contributed by atoms with Gasteiger partial charge < -0.3 is 15.2 Å². The number of nitrogens with one attached hydrogen (secondary N) is 1. The van der Waals surface area contributed by atoms with Gasteiger partial charge in [0.1, 0.15) is 0 Å². The molecule has 0 saturated carbocycles. The molecule has 0 spiro atoms. The maximum Gasteiger partial charge on any atom is 0.307 e. The van der Waals surface area contributed by atoms with Crippen molar-refractivity contribution in [2.45, 2.75) is 51.7 Å². The van der Waals surface area contributed by atoms with Crippen molar-refractivity contribution in [3.63, 3.8) is 0 Å². The third-order valence-corrected chi connectivity index (χ3v) is 3.35. The number of rotatable bonds is 6. The number of ether oxygens (including phenoxy) is 1. The number of hydrogen-bond acceptors (Lipinski definition) is 3. The van der Waals surface area contributed by atoms with E-state index in [9.17, 15) is 4.79 Å². The minimum absolute atomic E-state index is 0.0149. The van der Waals surface area contributed by atoms with E-state index in [0.717, 1.165) is 26.0 Å². The van der Waals surface area contributed by atoms with Crippen molar-refractivity contribution in [2.75, 3.05) is 13.2 Å². The molecule has 16 heavy (non-hydrogen) atoms. The molecule has 0 amide bonds. The standard InChI is InChI=1S/C12H23NO3/c1-9(12(14)15)10(2)13-7-6-11-5-3-4-8-16-11/h9-11,13H,3-8H2,1-2H3,(H,14,15). The second-order valence-electron chi connectivity index (χ2n) is 4.65. The van der Waals surface area contributed by atoms with E-state index in [-0.39, 0.29) is 12.0 Å². The Kier molecular flexibility index (Phi) is 5.77. The van der Waals surface area contributed by atoms with E-state index >= 15 is 0 Å². The van der Waals surface area contributed by atoms with E-state index < -0.39 is 5.97 Å². The number of carbonyl (C=O) groups is 1. The largest absolute Gasteiger partial charge is 0.481 e. The van der Waals surface area contributed by atoms with Crippen LogP contribution in [0.1, 0.15) is 39.5 Å². The van der Waals surface area contributed by atoms with Gasteiger partial charge in [0.25, 0.3) is 0 Å². The first-order valence-electron chi connectivity index (χ1n) is 6.19. The third kappa shape index (κ3) is 4.49. The molecule has 0 aromatic heterocycles. The number of carboxylic acid groups (broad SMARTS) is 1. The summed E-state index contributed by atoms with van der Waals surface area (Å²) in [6.07, 6.45) is 4.93. The van der Waals surface area contributed by atoms with Gasteiger partial charge in [0.15, 0.2) is 0 Å². The van der Waals surface area contributed by atoms with Crippen LogP contribution in [0.2, 0.25) is 0 Å². The van der Waals surface area contributed by atoms with Crippen LogP contribution in [0.4, 0.5) is 0 Å². The predicted molar refractivity (Wildman–Crippen MR) is 62.5 cm³/mol. The first-order valence-corrected chi connectivity index (χ1v) is 6.19. The van der Waals surface area contributed by atoms with E-state index in [2.05, 4.69) is 5.32 Å². The van der Waals surface area contributed by atoms with Gasteiger partial charge in [-0.05, 0) is 39.2 Å². The van der Waals surface area contributed by atoms with Gasteiger partial charge in [-0.15, -0.1) is 0 Å². The maximum absolute atomic E-state index is 10.7. The molecule has 0 bridgehead atoms. The Morgan fingerprint density at radius 1 is 1.50 bits per heavy atom. The molecule has 1 fully saturated rings. The monoisotopic (exact) mass is 229 g/mol. The lowest BCUT2D eigenvalue weighted by atomic mass is 10.0. The normalized spacial score (nSPS) is 25.0. The molecular weight excluding hydrogens is 206 g/mol. The minimum Gasteiger partial charge on any atom is -0.481 e. The fourth-order valence-electron chi connectivity index (χ4n) is 1.90. The summed E-state index contributed by atoms with van der Waals surface area (Å²) in [5, 5.41) is 12.1. The van der Waals surface area contributed by atoms with Gasteiger partial charge in [-0.25, -0.2) is 0 Å². The molecule has 0 radical (unpaired) electrons. The third-order valence-electron chi connectivity index (χ3n) is 3.35. The summed E-state index contributed by atoms with van der Waals surface area (Å²) in [7, 11) is 0. The van der Waals surface area contributed by atoms with Crippen molar-refractivity contribution in [2.24, 2.45) is 5.92 Å². The quantitative estimate of drug-likeness (QED) is 0.727. The molecule has 0 aromatic rings. The SMILES string of the molecule is CC(NCCC1CCCCO1)C(C)C(=O)O. The van der Waals surface area contributed by atoms with Crippen LogP contribution >= 0.6 is 0 Å². The Morgan fingerprint density at radius 2 is 2.25 bits per heavy atom. The molecule has 1 aliphatic rings. The van der Waals surface area contributed by atoms with Crippen molar-refractivity contribution in [1.29, 1.82) is 0 Å². The Labute approximate surface area is 97.4 Å². The van der Waals surface area contributed by atoms with Gasteiger partial charge in [-0.3, -0.25) is 4.79 Å². The smallest absolute Gasteiger partial charge is 0.307 e. The Morgan fingerprint density at radius 3 is 2.81 bits per heavy atom. The lowest BCUT2D eigenvalue weighted by Crippen LogP contribution is -2.38. The van der Waals surface area contributed by atoms with Crippen LogP contribution in [-0.2, 0) is 9.53 Å². The highest BCUT2D eigenvalue weighted by Crippen LogP contribution is 2.15. The van der Waals surface area contributed by atoms with Crippen LogP contribution in [0.25, 0.3) is 0 Å². The highest BCUT2D eigenvalue weighted by Gasteiger charge is 2.19. The fraction of sp³-hybridized carbons (Fsp3) is 0.917. The molecule has 4 nitrogen and oxygen atoms in total. The summed E-state index contributed by atoms with van der Waals surface area (Å²) in [6, 6.07) is 0.0149. The van der Waals surface area contributed by atoms with E-state index in [1.807, 2.05) is 6.92 Å². The Hall–Kier alpha value is -0.610. The zero-order valence-electron chi connectivity index (χ0n) is 10.2. The van der Waals surface area contributed by atoms with Gasteiger partial charge in [0, 0.05) is 12.6 Å². The first kappa shape index (κ1) is 13.5. The fourth-order valence-corrected chi connectivity index (χ4v) is 1.90. The summed E-state index contributed by atoms with van der Waals surface area (Å²) in [5.41, 5.74) is 0. The second-order valence-corrected chi connectivity index (χ2v) is 4.65. The second kappa shape index (κ2) is 6.86. The van der Waals surface area contributed by atoms with Crippen LogP contribution in [0.15, 0.2) is 0 Å². The zero-order valence-corrected chi connectivity index (χ0v) is 10.2. The average Bonchev–Trinajstić information content (AvgIpc) is 2.29. The number of aliphatic carboxylic acids is 1. The topological polar surface area (TPSA) is 58.6 Å². The molecule has 0 aliphatic carbocycles. The van der Waals surface area contributed by atoms with Crippen LogP contribution < -0.4 is 5.32 Å². The van der Waals surface area contributed by atoms with Crippen molar-refractivity contribution >= 4 is 5.97 Å². The van der Waals surface area contributed by atoms with E-state index in [4.69, 9.17) is 9.84 Å². The summed E-state index contributed by atoms with van der Waals surface area (Å²) in [6.45, 7) is 5.37. The van der Waals surface area contributed by atoms with Crippen LogP contribution in [0.3, 0.4) is 0 Å². The van der Waals surface area contributed by atoms with Gasteiger partial charge in [-0.2, -0.15) is 0 Å². The van der Waals surface area contributed by atoms with Crippen molar-refractivity contribution in [1.82, 2.24) is 5.32 Å². The molecular formula is C12H23NO3. The summed E-state index contributed by atoms with van der Waals surface area (Å²) in [5.74, 6) is -1.08. The van der Waals surface area contributed by atoms with Crippen molar-refractivity contribution in [3.05, 3.63) is 0 Å². The lowest BCUT2D eigenvalue weighted by molar-refractivity contribution is -0.141. The van der Waals surface area contributed by atoms with Crippen LogP contribution in [0, 0.1) is 5.92 Å². The molecule has 3 unspecified atom stereocenters. The Balaban J connectivity index is 2.11. The zero-order chi connectivity index (χ0) is 12.0. The highest BCUT2D eigenvalue weighted by atomic mass is 16.5. The predicted octanol–water partition coefficient (Wildman–Crippen LogP) is 1.64. The molecule has 1 saturated heterocycles. The molecule has 0 aromatic carbocycles. The maximum atomic E-state index is 10.7. The molecule has 1 aliphatic heterocycles. The molecule has 2 N–H and O–H groups in total. The minimum atomic E-state index is -0.742. The van der Waals surface area contributed by atoms with Gasteiger partial charge >= 0.3 is 5.97 Å². The van der Waals surface area contributed by atoms with Gasteiger partial charge in [-0.1, -0.05) is 6.92 Å². The van der Waals surface area contributed by atoms with Crippen LogP contribution in [0.5, 0.6) is 0 Å². The van der Waals surface area contributed by atoms with E-state index in [1.54, 1.807) is 6.92 Å². The molecule has 1 rings (SSSR count). The average molecular weight is 229 g/mol. The van der Waals surface area contributed by atoms with Crippen molar-refractivity contribution in [3.8, 4) is 0 Å². The van der Waals surface area contributed by atoms with Crippen molar-refractivity contribution < 1.29 is 14.6 Å². The first-order chi connectivity index (χ1) is 7.61.